The van der Waals surface area contributed by atoms with Crippen LogP contribution in [0.15, 0.2) is 46.3 Å². The summed E-state index contributed by atoms with van der Waals surface area (Å²) in [4.78, 5) is 30.1. The number of halogens is 1. The molecule has 126 valence electrons. The highest BCUT2D eigenvalue weighted by Crippen LogP contribution is 2.25. The fraction of sp³-hybridized carbons (Fsp3) is 0.333. The molecule has 6 heteroatoms. The minimum Gasteiger partial charge on any atom is -0.339 e. The van der Waals surface area contributed by atoms with Crippen LogP contribution in [0.2, 0.25) is 0 Å². The minimum absolute atomic E-state index is 0.0151. The van der Waals surface area contributed by atoms with Crippen LogP contribution in [0.1, 0.15) is 28.1 Å². The zero-order valence-electron chi connectivity index (χ0n) is 13.4. The van der Waals surface area contributed by atoms with E-state index in [1.807, 2.05) is 30.3 Å². The SMILES string of the molecule is CN(Cc1ccc(Br)s1)C(=O)C1CCCN1C(=O)c1ccccc1. The van der Waals surface area contributed by atoms with Crippen LogP contribution in [0.5, 0.6) is 0 Å². The van der Waals surface area contributed by atoms with Gasteiger partial charge in [-0.1, -0.05) is 18.2 Å². The number of rotatable bonds is 4. The summed E-state index contributed by atoms with van der Waals surface area (Å²) >= 11 is 5.06. The predicted octanol–water partition coefficient (Wildman–Crippen LogP) is 3.77. The molecular formula is C18H19BrN2O2S. The summed E-state index contributed by atoms with van der Waals surface area (Å²) in [6, 6.07) is 12.8. The molecule has 0 saturated carbocycles. The Morgan fingerprint density at radius 1 is 1.25 bits per heavy atom. The lowest BCUT2D eigenvalue weighted by Crippen LogP contribution is -2.46. The third-order valence-corrected chi connectivity index (χ3v) is 5.83. The van der Waals surface area contributed by atoms with E-state index in [1.54, 1.807) is 40.3 Å². The van der Waals surface area contributed by atoms with E-state index in [4.69, 9.17) is 0 Å². The number of thiophene rings is 1. The van der Waals surface area contributed by atoms with Gasteiger partial charge >= 0.3 is 0 Å². The van der Waals surface area contributed by atoms with Crippen molar-refractivity contribution < 1.29 is 9.59 Å². The number of hydrogen-bond acceptors (Lipinski definition) is 3. The highest BCUT2D eigenvalue weighted by Gasteiger charge is 2.36. The first-order chi connectivity index (χ1) is 11.6. The van der Waals surface area contributed by atoms with Crippen LogP contribution < -0.4 is 0 Å². The molecule has 1 saturated heterocycles. The minimum atomic E-state index is -0.355. The van der Waals surface area contributed by atoms with Crippen molar-refractivity contribution in [3.63, 3.8) is 0 Å². The van der Waals surface area contributed by atoms with Crippen LogP contribution in [0.3, 0.4) is 0 Å². The van der Waals surface area contributed by atoms with E-state index in [2.05, 4.69) is 15.9 Å². The molecule has 2 heterocycles. The van der Waals surface area contributed by atoms with Gasteiger partial charge in [0.05, 0.1) is 10.3 Å². The molecule has 1 aliphatic rings. The maximum Gasteiger partial charge on any atom is 0.254 e. The van der Waals surface area contributed by atoms with Gasteiger partial charge in [0, 0.05) is 24.0 Å². The van der Waals surface area contributed by atoms with E-state index in [0.717, 1.165) is 21.5 Å². The van der Waals surface area contributed by atoms with Crippen molar-refractivity contribution in [3.05, 3.63) is 56.7 Å². The number of carbonyl (C=O) groups excluding carboxylic acids is 2. The zero-order chi connectivity index (χ0) is 17.1. The fourth-order valence-corrected chi connectivity index (χ4v) is 4.55. The monoisotopic (exact) mass is 406 g/mol. The number of carbonyl (C=O) groups is 2. The first-order valence-corrected chi connectivity index (χ1v) is 9.52. The molecular weight excluding hydrogens is 388 g/mol. The molecule has 1 aliphatic heterocycles. The van der Waals surface area contributed by atoms with Crippen molar-refractivity contribution in [3.8, 4) is 0 Å². The van der Waals surface area contributed by atoms with Crippen LogP contribution in [-0.2, 0) is 11.3 Å². The van der Waals surface area contributed by atoms with Crippen LogP contribution >= 0.6 is 27.3 Å². The van der Waals surface area contributed by atoms with Gasteiger partial charge < -0.3 is 9.80 Å². The van der Waals surface area contributed by atoms with Gasteiger partial charge in [0.1, 0.15) is 6.04 Å². The molecule has 4 nitrogen and oxygen atoms in total. The van der Waals surface area contributed by atoms with E-state index in [-0.39, 0.29) is 17.9 Å². The number of nitrogens with zero attached hydrogens (tertiary/aromatic N) is 2. The van der Waals surface area contributed by atoms with E-state index < -0.39 is 0 Å². The van der Waals surface area contributed by atoms with E-state index in [1.165, 1.54) is 0 Å². The second-order valence-corrected chi connectivity index (χ2v) is 8.47. The molecule has 0 aliphatic carbocycles. The lowest BCUT2D eigenvalue weighted by atomic mass is 10.1. The zero-order valence-corrected chi connectivity index (χ0v) is 15.8. The quantitative estimate of drug-likeness (QED) is 0.774. The third kappa shape index (κ3) is 3.70. The van der Waals surface area contributed by atoms with Gasteiger partial charge in [0.25, 0.3) is 5.91 Å². The van der Waals surface area contributed by atoms with Gasteiger partial charge in [-0.2, -0.15) is 0 Å². The number of amides is 2. The fourth-order valence-electron chi connectivity index (χ4n) is 3.02. The summed E-state index contributed by atoms with van der Waals surface area (Å²) in [5, 5.41) is 0. The Morgan fingerprint density at radius 3 is 2.67 bits per heavy atom. The molecule has 1 unspecified atom stereocenters. The second kappa shape index (κ2) is 7.49. The Labute approximate surface area is 154 Å². The molecule has 2 amide bonds. The molecule has 0 N–H and O–H groups in total. The van der Waals surface area contributed by atoms with Crippen molar-refractivity contribution in [2.24, 2.45) is 0 Å². The van der Waals surface area contributed by atoms with E-state index in [0.29, 0.717) is 18.7 Å². The lowest BCUT2D eigenvalue weighted by molar-refractivity contribution is -0.134. The maximum atomic E-state index is 12.8. The average molecular weight is 407 g/mol. The summed E-state index contributed by atoms with van der Waals surface area (Å²) in [6.45, 7) is 1.21. The maximum absolute atomic E-state index is 12.8. The summed E-state index contributed by atoms with van der Waals surface area (Å²) in [5.41, 5.74) is 0.641. The van der Waals surface area contributed by atoms with Crippen molar-refractivity contribution in [2.75, 3.05) is 13.6 Å². The third-order valence-electron chi connectivity index (χ3n) is 4.22. The number of hydrogen-bond donors (Lipinski definition) is 0. The molecule has 0 spiro atoms. The van der Waals surface area contributed by atoms with Crippen molar-refractivity contribution in [1.82, 2.24) is 9.80 Å². The number of benzene rings is 1. The summed E-state index contributed by atoms with van der Waals surface area (Å²) < 4.78 is 1.06. The lowest BCUT2D eigenvalue weighted by Gasteiger charge is -2.28. The normalized spacial score (nSPS) is 17.1. The van der Waals surface area contributed by atoms with Crippen LogP contribution in [0.4, 0.5) is 0 Å². The smallest absolute Gasteiger partial charge is 0.254 e. The Bertz CT molecular complexity index is 732. The second-order valence-electron chi connectivity index (χ2n) is 5.92. The molecule has 2 aromatic rings. The van der Waals surface area contributed by atoms with Gasteiger partial charge in [0.2, 0.25) is 5.91 Å². The van der Waals surface area contributed by atoms with Gasteiger partial charge in [0.15, 0.2) is 0 Å². The Morgan fingerprint density at radius 2 is 2.00 bits per heavy atom. The summed E-state index contributed by atoms with van der Waals surface area (Å²) in [6.07, 6.45) is 1.60. The Kier molecular flexibility index (Phi) is 5.36. The Hall–Kier alpha value is -1.66. The molecule has 1 aromatic heterocycles. The number of likely N-dealkylation sites (N-methyl/N-ethyl adjacent to an activating group) is 1. The molecule has 1 aromatic carbocycles. The first kappa shape index (κ1) is 17.2. The molecule has 3 rings (SSSR count). The van der Waals surface area contributed by atoms with Crippen molar-refractivity contribution in [1.29, 1.82) is 0 Å². The van der Waals surface area contributed by atoms with Crippen LogP contribution in [-0.4, -0.2) is 41.2 Å². The van der Waals surface area contributed by atoms with Crippen LogP contribution in [0.25, 0.3) is 0 Å². The van der Waals surface area contributed by atoms with Gasteiger partial charge in [-0.15, -0.1) is 11.3 Å². The topological polar surface area (TPSA) is 40.6 Å². The molecule has 1 fully saturated rings. The van der Waals surface area contributed by atoms with Gasteiger partial charge in [-0.25, -0.2) is 0 Å². The summed E-state index contributed by atoms with van der Waals surface area (Å²) in [5.74, 6) is -0.0416. The molecule has 0 radical (unpaired) electrons. The van der Waals surface area contributed by atoms with E-state index in [9.17, 15) is 9.59 Å². The van der Waals surface area contributed by atoms with Crippen LogP contribution in [0, 0.1) is 0 Å². The highest BCUT2D eigenvalue weighted by molar-refractivity contribution is 9.11. The van der Waals surface area contributed by atoms with E-state index >= 15 is 0 Å². The standard InChI is InChI=1S/C18H19BrN2O2S/c1-20(12-14-9-10-16(19)24-14)18(23)15-8-5-11-21(15)17(22)13-6-3-2-4-7-13/h2-4,6-7,9-10,15H,5,8,11-12H2,1H3. The van der Waals surface area contributed by atoms with Crippen molar-refractivity contribution >= 4 is 39.1 Å². The van der Waals surface area contributed by atoms with Gasteiger partial charge in [-0.05, 0) is 53.0 Å². The van der Waals surface area contributed by atoms with Gasteiger partial charge in [-0.3, -0.25) is 9.59 Å². The Balaban J connectivity index is 1.70. The summed E-state index contributed by atoms with van der Waals surface area (Å²) in [7, 11) is 1.81. The number of likely N-dealkylation sites (tertiary alicyclic amines) is 1. The largest absolute Gasteiger partial charge is 0.339 e. The molecule has 1 atom stereocenters. The predicted molar refractivity (Wildman–Crippen MR) is 99.0 cm³/mol. The van der Waals surface area contributed by atoms with Crippen molar-refractivity contribution in [2.45, 2.75) is 25.4 Å². The highest BCUT2D eigenvalue weighted by atomic mass is 79.9. The average Bonchev–Trinajstić information content (AvgIpc) is 3.23. The first-order valence-electron chi connectivity index (χ1n) is 7.91. The molecule has 24 heavy (non-hydrogen) atoms. The molecule has 0 bridgehead atoms.